The van der Waals surface area contributed by atoms with E-state index in [4.69, 9.17) is 14.2 Å². The Morgan fingerprint density at radius 3 is 2.50 bits per heavy atom. The molecular formula is C21H23NO6. The molecule has 0 radical (unpaired) electrons. The number of carboxylic acid groups (broad SMARTS) is 1. The van der Waals surface area contributed by atoms with Crippen molar-refractivity contribution in [2.75, 3.05) is 27.1 Å². The van der Waals surface area contributed by atoms with Crippen LogP contribution in [0.2, 0.25) is 0 Å². The summed E-state index contributed by atoms with van der Waals surface area (Å²) < 4.78 is 16.4. The first-order valence-electron chi connectivity index (χ1n) is 9.15. The lowest BCUT2D eigenvalue weighted by Gasteiger charge is -2.47. The molecule has 4 rings (SSSR count). The molecule has 2 aliphatic heterocycles. The molecule has 0 aliphatic carbocycles. The van der Waals surface area contributed by atoms with Crippen LogP contribution in [0.5, 0.6) is 11.5 Å². The molecule has 0 fully saturated rings. The Bertz CT molecular complexity index is 871. The molecule has 2 atom stereocenters. The van der Waals surface area contributed by atoms with E-state index in [0.717, 1.165) is 16.7 Å². The summed E-state index contributed by atoms with van der Waals surface area (Å²) in [4.78, 5) is 14.2. The second-order valence-electron chi connectivity index (χ2n) is 7.16. The minimum absolute atomic E-state index is 0.155. The van der Waals surface area contributed by atoms with Crippen LogP contribution in [-0.4, -0.2) is 53.7 Å². The van der Waals surface area contributed by atoms with Crippen molar-refractivity contribution in [2.24, 2.45) is 0 Å². The van der Waals surface area contributed by atoms with Gasteiger partial charge in [-0.2, -0.15) is 0 Å². The highest BCUT2D eigenvalue weighted by Crippen LogP contribution is 2.43. The zero-order valence-electron chi connectivity index (χ0n) is 15.6. The summed E-state index contributed by atoms with van der Waals surface area (Å²) in [6.45, 7) is 0.298. The van der Waals surface area contributed by atoms with Gasteiger partial charge in [-0.25, -0.2) is 0 Å². The second kappa shape index (κ2) is 7.43. The molecule has 148 valence electrons. The zero-order chi connectivity index (χ0) is 19.7. The minimum Gasteiger partial charge on any atom is -0.480 e. The molecule has 0 bridgehead atoms. The van der Waals surface area contributed by atoms with Crippen molar-refractivity contribution in [3.05, 3.63) is 59.2 Å². The van der Waals surface area contributed by atoms with Crippen LogP contribution < -0.4 is 9.47 Å². The highest BCUT2D eigenvalue weighted by atomic mass is 16.7. The number of nitrogens with zero attached hydrogens (tertiary/aromatic N) is 1. The van der Waals surface area contributed by atoms with E-state index >= 15 is 0 Å². The molecule has 0 amide bonds. The Morgan fingerprint density at radius 2 is 1.89 bits per heavy atom. The fraction of sp³-hybridized carbons (Fsp3) is 0.381. The van der Waals surface area contributed by atoms with Crippen LogP contribution in [0.15, 0.2) is 42.5 Å². The van der Waals surface area contributed by atoms with Crippen LogP contribution in [0.3, 0.4) is 0 Å². The number of aliphatic hydroxyl groups excluding tert-OH is 1. The highest BCUT2D eigenvalue weighted by Gasteiger charge is 2.50. The van der Waals surface area contributed by atoms with Gasteiger partial charge in [0, 0.05) is 20.1 Å². The first-order chi connectivity index (χ1) is 13.6. The molecule has 2 heterocycles. The molecule has 0 aromatic heterocycles. The number of aliphatic carboxylic acids is 1. The third kappa shape index (κ3) is 3.01. The molecule has 2 aromatic rings. The number of hydrogen-bond acceptors (Lipinski definition) is 6. The van der Waals surface area contributed by atoms with Crippen LogP contribution in [-0.2, 0) is 22.5 Å². The Hall–Kier alpha value is -2.61. The van der Waals surface area contributed by atoms with Gasteiger partial charge in [0.05, 0.1) is 19.3 Å². The van der Waals surface area contributed by atoms with Crippen molar-refractivity contribution in [2.45, 2.75) is 24.5 Å². The quantitative estimate of drug-likeness (QED) is 0.786. The summed E-state index contributed by atoms with van der Waals surface area (Å²) in [5, 5.41) is 20.4. The average Bonchev–Trinajstić information content (AvgIpc) is 3.17. The Kier molecular flexibility index (Phi) is 4.97. The fourth-order valence-electron chi connectivity index (χ4n) is 4.11. The molecule has 2 aliphatic rings. The van der Waals surface area contributed by atoms with Gasteiger partial charge in [-0.15, -0.1) is 0 Å². The lowest BCUT2D eigenvalue weighted by molar-refractivity contribution is -0.160. The average molecular weight is 385 g/mol. The molecule has 2 N–H and O–H groups in total. The second-order valence-corrected chi connectivity index (χ2v) is 7.16. The normalized spacial score (nSPS) is 21.9. The van der Waals surface area contributed by atoms with Crippen LogP contribution >= 0.6 is 0 Å². The molecule has 0 spiro atoms. The van der Waals surface area contributed by atoms with Crippen molar-refractivity contribution < 1.29 is 29.2 Å². The zero-order valence-corrected chi connectivity index (χ0v) is 15.6. The summed E-state index contributed by atoms with van der Waals surface area (Å²) in [5.41, 5.74) is 1.29. The van der Waals surface area contributed by atoms with Crippen molar-refractivity contribution in [1.29, 1.82) is 0 Å². The van der Waals surface area contributed by atoms with Crippen LogP contribution in [0, 0.1) is 0 Å². The van der Waals surface area contributed by atoms with E-state index in [2.05, 4.69) is 0 Å². The molecule has 7 nitrogen and oxygen atoms in total. The summed E-state index contributed by atoms with van der Waals surface area (Å²) in [7, 11) is 1.59. The molecule has 2 aromatic carbocycles. The Balaban J connectivity index is 1.82. The summed E-state index contributed by atoms with van der Waals surface area (Å²) >= 11 is 0. The smallest absolute Gasteiger partial charge is 0.326 e. The lowest BCUT2D eigenvalue weighted by Crippen LogP contribution is -2.62. The Labute approximate surface area is 163 Å². The maximum atomic E-state index is 12.4. The van der Waals surface area contributed by atoms with Crippen molar-refractivity contribution in [1.82, 2.24) is 4.90 Å². The van der Waals surface area contributed by atoms with E-state index in [1.54, 1.807) is 7.11 Å². The maximum absolute atomic E-state index is 12.4. The van der Waals surface area contributed by atoms with Crippen LogP contribution in [0.4, 0.5) is 0 Å². The van der Waals surface area contributed by atoms with Crippen molar-refractivity contribution in [3.8, 4) is 11.5 Å². The van der Waals surface area contributed by atoms with Crippen LogP contribution in [0.25, 0.3) is 0 Å². The van der Waals surface area contributed by atoms with E-state index in [9.17, 15) is 15.0 Å². The van der Waals surface area contributed by atoms with Gasteiger partial charge in [-0.1, -0.05) is 30.3 Å². The van der Waals surface area contributed by atoms with E-state index in [1.807, 2.05) is 47.4 Å². The molecule has 0 saturated heterocycles. The number of fused-ring (bicyclic) bond motifs is 2. The maximum Gasteiger partial charge on any atom is 0.326 e. The summed E-state index contributed by atoms with van der Waals surface area (Å²) in [6.07, 6.45) is 0.165. The number of benzene rings is 2. The van der Waals surface area contributed by atoms with Crippen molar-refractivity contribution >= 4 is 5.97 Å². The third-order valence-corrected chi connectivity index (χ3v) is 5.61. The highest BCUT2D eigenvalue weighted by molar-refractivity contribution is 5.80. The van der Waals surface area contributed by atoms with Gasteiger partial charge in [0.15, 0.2) is 11.5 Å². The number of carboxylic acids is 1. The van der Waals surface area contributed by atoms with Gasteiger partial charge in [-0.05, 0) is 28.8 Å². The van der Waals surface area contributed by atoms with Gasteiger partial charge in [0.2, 0.25) is 6.79 Å². The van der Waals surface area contributed by atoms with Gasteiger partial charge < -0.3 is 24.4 Å². The molecule has 0 saturated carbocycles. The van der Waals surface area contributed by atoms with E-state index in [1.165, 1.54) is 0 Å². The largest absolute Gasteiger partial charge is 0.480 e. The summed E-state index contributed by atoms with van der Waals surface area (Å²) in [6, 6.07) is 13.0. The monoisotopic (exact) mass is 385 g/mol. The number of ether oxygens (including phenoxy) is 3. The van der Waals surface area contributed by atoms with Gasteiger partial charge in [0.25, 0.3) is 0 Å². The minimum atomic E-state index is -1.46. The number of methoxy groups -OCH3 is 1. The topological polar surface area (TPSA) is 88.5 Å². The van der Waals surface area contributed by atoms with E-state index in [-0.39, 0.29) is 19.3 Å². The number of aliphatic hydroxyl groups is 1. The molecular weight excluding hydrogens is 362 g/mol. The van der Waals surface area contributed by atoms with E-state index < -0.39 is 18.1 Å². The first-order valence-corrected chi connectivity index (χ1v) is 9.15. The molecule has 7 heteroatoms. The number of carbonyl (C=O) groups is 1. The molecule has 28 heavy (non-hydrogen) atoms. The standard InChI is InChI=1S/C21H23NO6/c1-26-11-17(14-5-3-2-4-6-14)22-10-16-8-19-18(27-13-28-19)7-15(16)9-21(22,12-23)20(24)25/h2-8,17,23H,9-13H2,1H3,(H,24,25)/t17-,21+/m0/s1. The Morgan fingerprint density at radius 1 is 1.21 bits per heavy atom. The predicted octanol–water partition coefficient (Wildman–Crippen LogP) is 1.98. The first kappa shape index (κ1) is 18.7. The van der Waals surface area contributed by atoms with Gasteiger partial charge in [0.1, 0.15) is 5.54 Å². The van der Waals surface area contributed by atoms with Crippen molar-refractivity contribution in [3.63, 3.8) is 0 Å². The third-order valence-electron chi connectivity index (χ3n) is 5.61. The fourth-order valence-corrected chi connectivity index (χ4v) is 4.11. The van der Waals surface area contributed by atoms with Gasteiger partial charge >= 0.3 is 5.97 Å². The summed E-state index contributed by atoms with van der Waals surface area (Å²) in [5.74, 6) is 0.213. The number of hydrogen-bond donors (Lipinski definition) is 2. The predicted molar refractivity (Wildman–Crippen MR) is 100 cm³/mol. The van der Waals surface area contributed by atoms with Gasteiger partial charge in [-0.3, -0.25) is 9.69 Å². The SMILES string of the molecule is COC[C@@H](c1ccccc1)N1Cc2cc3c(cc2C[C@@]1(CO)C(=O)O)OCO3. The number of rotatable bonds is 6. The lowest BCUT2D eigenvalue weighted by atomic mass is 9.81. The van der Waals surface area contributed by atoms with E-state index in [0.29, 0.717) is 24.7 Å². The molecule has 0 unspecified atom stereocenters. The van der Waals surface area contributed by atoms with Crippen LogP contribution in [0.1, 0.15) is 22.7 Å².